The number of carbonyl (C=O) groups is 3. The minimum Gasteiger partial charge on any atom is -0.489 e. The van der Waals surface area contributed by atoms with Crippen molar-refractivity contribution in [3.8, 4) is 5.75 Å². The van der Waals surface area contributed by atoms with Crippen molar-refractivity contribution in [3.63, 3.8) is 0 Å². The molecule has 9 heteroatoms. The van der Waals surface area contributed by atoms with Gasteiger partial charge >= 0.3 is 5.97 Å². The Balaban J connectivity index is 1.37. The number of hydrogen-bond donors (Lipinski definition) is 2. The molecule has 2 N–H and O–H groups in total. The van der Waals surface area contributed by atoms with Gasteiger partial charge < -0.3 is 24.8 Å². The highest BCUT2D eigenvalue weighted by Gasteiger charge is 2.38. The van der Waals surface area contributed by atoms with Gasteiger partial charge in [-0.25, -0.2) is 4.79 Å². The van der Waals surface area contributed by atoms with Crippen LogP contribution in [-0.4, -0.2) is 69.6 Å². The van der Waals surface area contributed by atoms with Gasteiger partial charge in [0.05, 0.1) is 18.8 Å². The van der Waals surface area contributed by atoms with Gasteiger partial charge in [-0.05, 0) is 64.3 Å². The molecule has 2 aliphatic rings. The van der Waals surface area contributed by atoms with E-state index >= 15 is 0 Å². The Kier molecular flexibility index (Phi) is 9.15. The van der Waals surface area contributed by atoms with E-state index in [1.165, 1.54) is 10.5 Å². The highest BCUT2D eigenvalue weighted by atomic mass is 16.5. The van der Waals surface area contributed by atoms with Crippen LogP contribution in [0.3, 0.4) is 0 Å². The molecule has 3 atom stereocenters. The Labute approximate surface area is 236 Å². The fourth-order valence-electron chi connectivity index (χ4n) is 5.45. The summed E-state index contributed by atoms with van der Waals surface area (Å²) >= 11 is 0. The fraction of sp³-hybridized carbons (Fsp3) is 0.516. The zero-order chi connectivity index (χ0) is 29.0. The van der Waals surface area contributed by atoms with Crippen LogP contribution in [-0.2, 0) is 34.0 Å². The smallest absolute Gasteiger partial charge is 0.326 e. The van der Waals surface area contributed by atoms with Crippen LogP contribution in [0.4, 0.5) is 0 Å². The van der Waals surface area contributed by atoms with Crippen LogP contribution < -0.4 is 10.1 Å². The van der Waals surface area contributed by atoms with Gasteiger partial charge in [0.25, 0.3) is 5.91 Å². The third-order valence-electron chi connectivity index (χ3n) is 7.09. The minimum atomic E-state index is -1.13. The molecular formula is C31H41N3O6. The van der Waals surface area contributed by atoms with E-state index in [2.05, 4.69) is 36.2 Å². The van der Waals surface area contributed by atoms with E-state index in [9.17, 15) is 19.5 Å². The molecule has 2 heterocycles. The van der Waals surface area contributed by atoms with Crippen molar-refractivity contribution in [1.82, 2.24) is 15.1 Å². The first-order valence-electron chi connectivity index (χ1n) is 13.9. The molecule has 4 rings (SSSR count). The van der Waals surface area contributed by atoms with Crippen LogP contribution in [0.5, 0.6) is 5.75 Å². The number of benzene rings is 2. The summed E-state index contributed by atoms with van der Waals surface area (Å²) in [4.78, 5) is 41.3. The number of nitrogens with one attached hydrogen (secondary N) is 1. The zero-order valence-electron chi connectivity index (χ0n) is 24.1. The van der Waals surface area contributed by atoms with E-state index in [1.54, 1.807) is 18.2 Å². The summed E-state index contributed by atoms with van der Waals surface area (Å²) < 4.78 is 12.0. The van der Waals surface area contributed by atoms with Crippen molar-refractivity contribution < 1.29 is 29.0 Å². The first kappa shape index (κ1) is 29.6. The van der Waals surface area contributed by atoms with Crippen molar-refractivity contribution in [2.24, 2.45) is 0 Å². The zero-order valence-corrected chi connectivity index (χ0v) is 24.1. The van der Waals surface area contributed by atoms with Crippen LogP contribution in [0.25, 0.3) is 0 Å². The van der Waals surface area contributed by atoms with E-state index in [-0.39, 0.29) is 43.4 Å². The van der Waals surface area contributed by atoms with Crippen LogP contribution >= 0.6 is 0 Å². The summed E-state index contributed by atoms with van der Waals surface area (Å²) in [7, 11) is 0. The molecular weight excluding hydrogens is 510 g/mol. The average Bonchev–Trinajstić information content (AvgIpc) is 3.18. The van der Waals surface area contributed by atoms with Gasteiger partial charge in [0, 0.05) is 42.7 Å². The van der Waals surface area contributed by atoms with Crippen molar-refractivity contribution in [1.29, 1.82) is 0 Å². The summed E-state index contributed by atoms with van der Waals surface area (Å²) in [5.74, 6) is -1.18. The molecule has 216 valence electrons. The van der Waals surface area contributed by atoms with Crippen LogP contribution in [0, 0.1) is 0 Å². The molecule has 0 bridgehead atoms. The molecule has 0 aliphatic carbocycles. The number of carboxylic acid groups (broad SMARTS) is 1. The van der Waals surface area contributed by atoms with Gasteiger partial charge in [0.15, 0.2) is 0 Å². The second-order valence-corrected chi connectivity index (χ2v) is 12.0. The highest BCUT2D eigenvalue weighted by Crippen LogP contribution is 2.33. The van der Waals surface area contributed by atoms with Crippen molar-refractivity contribution >= 4 is 17.8 Å². The van der Waals surface area contributed by atoms with Crippen LogP contribution in [0.1, 0.15) is 74.5 Å². The normalized spacial score (nSPS) is 20.2. The van der Waals surface area contributed by atoms with Crippen molar-refractivity contribution in [3.05, 3.63) is 64.7 Å². The molecule has 2 aromatic rings. The lowest BCUT2D eigenvalue weighted by atomic mass is 10.1. The molecule has 9 nitrogen and oxygen atoms in total. The molecule has 1 saturated heterocycles. The van der Waals surface area contributed by atoms with Crippen molar-refractivity contribution in [2.75, 3.05) is 13.1 Å². The van der Waals surface area contributed by atoms with E-state index in [0.717, 1.165) is 25.2 Å². The first-order valence-corrected chi connectivity index (χ1v) is 13.9. The molecule has 2 aliphatic heterocycles. The Morgan fingerprint density at radius 3 is 2.35 bits per heavy atom. The first-order chi connectivity index (χ1) is 18.9. The van der Waals surface area contributed by atoms with Gasteiger partial charge in [-0.15, -0.1) is 0 Å². The van der Waals surface area contributed by atoms with Gasteiger partial charge in [0.2, 0.25) is 5.91 Å². The van der Waals surface area contributed by atoms with Gasteiger partial charge in [-0.1, -0.05) is 30.3 Å². The molecule has 2 aromatic carbocycles. The van der Waals surface area contributed by atoms with Gasteiger partial charge in [-0.2, -0.15) is 0 Å². The second kappa shape index (κ2) is 12.4. The molecule has 0 aromatic heterocycles. The number of fused-ring (bicyclic) bond motifs is 1. The molecule has 0 spiro atoms. The summed E-state index contributed by atoms with van der Waals surface area (Å²) in [6.07, 6.45) is 0.496. The number of nitrogens with zero attached hydrogens (tertiary/aromatic N) is 2. The number of hydrogen-bond acceptors (Lipinski definition) is 6. The maximum absolute atomic E-state index is 13.2. The number of rotatable bonds is 10. The predicted molar refractivity (Wildman–Crippen MR) is 151 cm³/mol. The van der Waals surface area contributed by atoms with E-state index in [4.69, 9.17) is 9.47 Å². The summed E-state index contributed by atoms with van der Waals surface area (Å²) in [5, 5.41) is 12.7. The average molecular weight is 552 g/mol. The second-order valence-electron chi connectivity index (χ2n) is 12.0. The lowest BCUT2D eigenvalue weighted by Gasteiger charge is -2.35. The number of amides is 2. The van der Waals surface area contributed by atoms with E-state index in [1.807, 2.05) is 32.9 Å². The quantitative estimate of drug-likeness (QED) is 0.460. The third-order valence-corrected chi connectivity index (χ3v) is 7.09. The maximum Gasteiger partial charge on any atom is 0.326 e. The standard InChI is InChI=1S/C31H41N3O6/c1-20-15-33(16-21(2)40-20)17-22-9-11-23(12-10-22)19-39-27-8-6-7-24-25(27)18-34(29(24)36)26(30(37)38)13-14-28(35)32-31(3,4)5/h6-12,20-21,26H,13-19H2,1-5H3,(H,32,35)(H,37,38)/t20-,21+,26?. The molecule has 1 unspecified atom stereocenters. The lowest BCUT2D eigenvalue weighted by molar-refractivity contribution is -0.142. The lowest BCUT2D eigenvalue weighted by Crippen LogP contribution is -2.44. The Bertz CT molecular complexity index is 1210. The number of carboxylic acids is 1. The molecule has 0 radical (unpaired) electrons. The largest absolute Gasteiger partial charge is 0.489 e. The number of aliphatic carboxylic acids is 1. The topological polar surface area (TPSA) is 108 Å². The molecule has 1 fully saturated rings. The van der Waals surface area contributed by atoms with E-state index in [0.29, 0.717) is 23.5 Å². The molecule has 2 amide bonds. The number of ether oxygens (including phenoxy) is 2. The maximum atomic E-state index is 13.2. The van der Waals surface area contributed by atoms with Crippen molar-refractivity contribution in [2.45, 2.75) is 90.9 Å². The molecule has 0 saturated carbocycles. The number of morpholine rings is 1. The third kappa shape index (κ3) is 7.61. The Morgan fingerprint density at radius 2 is 1.73 bits per heavy atom. The summed E-state index contributed by atoms with van der Waals surface area (Å²) in [6, 6.07) is 12.4. The summed E-state index contributed by atoms with van der Waals surface area (Å²) in [6.45, 7) is 12.9. The SMILES string of the molecule is C[C@@H]1CN(Cc2ccc(COc3cccc4c3CN(C(CCC(=O)NC(C)(C)C)C(=O)O)C4=O)cc2)C[C@H](C)O1. The predicted octanol–water partition coefficient (Wildman–Crippen LogP) is 3.98. The fourth-order valence-corrected chi connectivity index (χ4v) is 5.45. The molecule has 40 heavy (non-hydrogen) atoms. The van der Waals surface area contributed by atoms with E-state index < -0.39 is 17.6 Å². The highest BCUT2D eigenvalue weighted by molar-refractivity contribution is 6.01. The number of carbonyl (C=O) groups excluding carboxylic acids is 2. The Morgan fingerprint density at radius 1 is 1.07 bits per heavy atom. The Hall–Kier alpha value is -3.43. The minimum absolute atomic E-state index is 0.0112. The van der Waals surface area contributed by atoms with Crippen LogP contribution in [0.15, 0.2) is 42.5 Å². The van der Waals surface area contributed by atoms with Crippen LogP contribution in [0.2, 0.25) is 0 Å². The van der Waals surface area contributed by atoms with Gasteiger partial charge in [0.1, 0.15) is 18.4 Å². The van der Waals surface area contributed by atoms with Gasteiger partial charge in [-0.3, -0.25) is 14.5 Å². The summed E-state index contributed by atoms with van der Waals surface area (Å²) in [5.41, 5.74) is 2.92. The monoisotopic (exact) mass is 551 g/mol.